The predicted molar refractivity (Wildman–Crippen MR) is 112 cm³/mol. The molecule has 1 heterocycles. The monoisotopic (exact) mass is 424 g/mol. The number of carbonyl (C=O) groups excluding carboxylic acids is 4. The number of hydrogen-bond acceptors (Lipinski definition) is 6. The van der Waals surface area contributed by atoms with Crippen molar-refractivity contribution in [3.63, 3.8) is 0 Å². The Hall–Kier alpha value is -3.68. The van der Waals surface area contributed by atoms with Crippen LogP contribution in [0.3, 0.4) is 0 Å². The van der Waals surface area contributed by atoms with Gasteiger partial charge in [-0.25, -0.2) is 4.79 Å². The number of amides is 2. The van der Waals surface area contributed by atoms with Gasteiger partial charge in [0, 0.05) is 18.7 Å². The van der Waals surface area contributed by atoms with Gasteiger partial charge >= 0.3 is 11.9 Å². The molecule has 2 aromatic carbocycles. The first-order valence-electron chi connectivity index (χ1n) is 9.88. The van der Waals surface area contributed by atoms with Crippen LogP contribution in [0.4, 0.5) is 5.69 Å². The van der Waals surface area contributed by atoms with Crippen LogP contribution in [0, 0.1) is 5.92 Å². The molecule has 0 radical (unpaired) electrons. The minimum atomic E-state index is -0.606. The topological polar surface area (TPSA) is 102 Å². The second-order valence-corrected chi connectivity index (χ2v) is 7.26. The fraction of sp³-hybridized carbons (Fsp3) is 0.304. The van der Waals surface area contributed by atoms with Crippen LogP contribution >= 0.6 is 0 Å². The third-order valence-electron chi connectivity index (χ3n) is 5.18. The number of ether oxygens (including phenoxy) is 2. The van der Waals surface area contributed by atoms with Crippen molar-refractivity contribution in [1.82, 2.24) is 4.90 Å². The fourth-order valence-corrected chi connectivity index (χ4v) is 3.43. The minimum absolute atomic E-state index is 0.0621. The van der Waals surface area contributed by atoms with Crippen molar-refractivity contribution < 1.29 is 28.7 Å². The quantitative estimate of drug-likeness (QED) is 0.686. The number of likely N-dealkylation sites (tertiary alicyclic amines) is 1. The van der Waals surface area contributed by atoms with Crippen LogP contribution in [0.15, 0.2) is 54.6 Å². The van der Waals surface area contributed by atoms with E-state index in [0.717, 1.165) is 5.56 Å². The van der Waals surface area contributed by atoms with Gasteiger partial charge < -0.3 is 19.7 Å². The molecule has 0 bridgehead atoms. The highest BCUT2D eigenvalue weighted by molar-refractivity contribution is 5.95. The van der Waals surface area contributed by atoms with E-state index in [2.05, 4.69) is 10.1 Å². The molecule has 162 valence electrons. The number of hydrogen-bond donors (Lipinski definition) is 1. The molecule has 0 aromatic heterocycles. The van der Waals surface area contributed by atoms with Crippen molar-refractivity contribution >= 4 is 29.4 Å². The van der Waals surface area contributed by atoms with Gasteiger partial charge in [-0.2, -0.15) is 0 Å². The van der Waals surface area contributed by atoms with E-state index in [-0.39, 0.29) is 24.9 Å². The summed E-state index contributed by atoms with van der Waals surface area (Å²) in [4.78, 5) is 49.9. The molecule has 1 aliphatic rings. The number of benzene rings is 2. The maximum atomic E-state index is 12.4. The van der Waals surface area contributed by atoms with E-state index in [0.29, 0.717) is 11.3 Å². The van der Waals surface area contributed by atoms with Gasteiger partial charge in [0.05, 0.1) is 24.6 Å². The van der Waals surface area contributed by atoms with Crippen LogP contribution in [-0.4, -0.2) is 48.9 Å². The Morgan fingerprint density at radius 2 is 1.77 bits per heavy atom. The van der Waals surface area contributed by atoms with Crippen LogP contribution < -0.4 is 5.32 Å². The largest absolute Gasteiger partial charge is 0.465 e. The van der Waals surface area contributed by atoms with Crippen molar-refractivity contribution in [1.29, 1.82) is 0 Å². The van der Waals surface area contributed by atoms with Gasteiger partial charge in [0.15, 0.2) is 6.61 Å². The van der Waals surface area contributed by atoms with Crippen molar-refractivity contribution in [2.24, 2.45) is 5.92 Å². The molecule has 1 aliphatic heterocycles. The van der Waals surface area contributed by atoms with E-state index in [1.165, 1.54) is 19.2 Å². The van der Waals surface area contributed by atoms with Gasteiger partial charge in [0.25, 0.3) is 5.91 Å². The molecule has 8 heteroatoms. The Balaban J connectivity index is 1.48. The minimum Gasteiger partial charge on any atom is -0.465 e. The van der Waals surface area contributed by atoms with Gasteiger partial charge in [0.2, 0.25) is 5.91 Å². The summed E-state index contributed by atoms with van der Waals surface area (Å²) in [5, 5.41) is 2.58. The molecule has 0 unspecified atom stereocenters. The first-order valence-corrected chi connectivity index (χ1v) is 9.88. The lowest BCUT2D eigenvalue weighted by molar-refractivity contribution is -0.151. The zero-order valence-electron chi connectivity index (χ0n) is 17.4. The molecular weight excluding hydrogens is 400 g/mol. The highest BCUT2D eigenvalue weighted by atomic mass is 16.5. The molecule has 2 amide bonds. The zero-order valence-corrected chi connectivity index (χ0v) is 17.4. The maximum Gasteiger partial charge on any atom is 0.337 e. The summed E-state index contributed by atoms with van der Waals surface area (Å²) in [6.45, 7) is 1.71. The van der Waals surface area contributed by atoms with E-state index >= 15 is 0 Å². The fourth-order valence-electron chi connectivity index (χ4n) is 3.43. The molecule has 0 spiro atoms. The molecule has 0 saturated carbocycles. The van der Waals surface area contributed by atoms with Crippen LogP contribution in [0.1, 0.15) is 35.3 Å². The molecule has 1 fully saturated rings. The van der Waals surface area contributed by atoms with E-state index < -0.39 is 30.4 Å². The second-order valence-electron chi connectivity index (χ2n) is 7.26. The molecule has 1 N–H and O–H groups in total. The Labute approximate surface area is 180 Å². The number of esters is 2. The van der Waals surface area contributed by atoms with Crippen LogP contribution in [0.25, 0.3) is 0 Å². The molecule has 8 nitrogen and oxygen atoms in total. The number of carbonyl (C=O) groups is 4. The molecule has 1 saturated heterocycles. The van der Waals surface area contributed by atoms with Crippen molar-refractivity contribution in [2.75, 3.05) is 25.6 Å². The lowest BCUT2D eigenvalue weighted by Gasteiger charge is -2.25. The summed E-state index contributed by atoms with van der Waals surface area (Å²) < 4.78 is 9.73. The first kappa shape index (κ1) is 22.0. The van der Waals surface area contributed by atoms with Gasteiger partial charge in [-0.1, -0.05) is 30.3 Å². The van der Waals surface area contributed by atoms with Gasteiger partial charge in [-0.05, 0) is 36.8 Å². The molecule has 3 rings (SSSR count). The summed E-state index contributed by atoms with van der Waals surface area (Å²) >= 11 is 0. The number of nitrogens with one attached hydrogen (secondary N) is 1. The lowest BCUT2D eigenvalue weighted by Crippen LogP contribution is -2.30. The Morgan fingerprint density at radius 3 is 2.42 bits per heavy atom. The Morgan fingerprint density at radius 1 is 1.10 bits per heavy atom. The zero-order chi connectivity index (χ0) is 22.4. The molecule has 2 atom stereocenters. The Bertz CT molecular complexity index is 958. The van der Waals surface area contributed by atoms with Crippen LogP contribution in [0.5, 0.6) is 0 Å². The van der Waals surface area contributed by atoms with Gasteiger partial charge in [-0.3, -0.25) is 14.4 Å². The maximum absolute atomic E-state index is 12.4. The first-order chi connectivity index (χ1) is 14.9. The molecular formula is C23H24N2O6. The lowest BCUT2D eigenvalue weighted by atomic mass is 10.1. The van der Waals surface area contributed by atoms with Crippen LogP contribution in [-0.2, 0) is 23.9 Å². The predicted octanol–water partition coefficient (Wildman–Crippen LogP) is 2.56. The second kappa shape index (κ2) is 9.88. The van der Waals surface area contributed by atoms with E-state index in [9.17, 15) is 19.2 Å². The normalized spacial score (nSPS) is 16.5. The Kier molecular flexibility index (Phi) is 7.02. The number of anilines is 1. The summed E-state index contributed by atoms with van der Waals surface area (Å²) in [6, 6.07) is 15.6. The standard InChI is InChI=1S/C23H24N2O6/c1-15(16-6-4-3-5-7-16)25-13-18(12-21(25)27)23(29)31-14-20(26)24-19-10-8-17(9-11-19)22(28)30-2/h3-11,15,18H,12-14H2,1-2H3,(H,24,26)/t15-,18+/m0/s1. The van der Waals surface area contributed by atoms with Gasteiger partial charge in [-0.15, -0.1) is 0 Å². The smallest absolute Gasteiger partial charge is 0.337 e. The van der Waals surface area contributed by atoms with Crippen LogP contribution in [0.2, 0.25) is 0 Å². The molecule has 0 aliphatic carbocycles. The third kappa shape index (κ3) is 5.48. The number of methoxy groups -OCH3 is 1. The van der Waals surface area contributed by atoms with Crippen molar-refractivity contribution in [3.8, 4) is 0 Å². The average Bonchev–Trinajstić information content (AvgIpc) is 3.19. The number of rotatable bonds is 7. The highest BCUT2D eigenvalue weighted by Crippen LogP contribution is 2.29. The number of nitrogens with zero attached hydrogens (tertiary/aromatic N) is 1. The SMILES string of the molecule is COC(=O)c1ccc(NC(=O)COC(=O)[C@@H]2CC(=O)N([C@@H](C)c3ccccc3)C2)cc1. The third-order valence-corrected chi connectivity index (χ3v) is 5.18. The summed E-state index contributed by atoms with van der Waals surface area (Å²) in [6.07, 6.45) is 0.0621. The van der Waals surface area contributed by atoms with Gasteiger partial charge in [0.1, 0.15) is 0 Å². The van der Waals surface area contributed by atoms with E-state index in [1.807, 2.05) is 37.3 Å². The summed E-state index contributed by atoms with van der Waals surface area (Å²) in [7, 11) is 1.28. The molecule has 2 aromatic rings. The summed E-state index contributed by atoms with van der Waals surface area (Å²) in [5.41, 5.74) is 1.79. The average molecular weight is 424 g/mol. The summed E-state index contributed by atoms with van der Waals surface area (Å²) in [5.74, 6) is -2.29. The molecule has 31 heavy (non-hydrogen) atoms. The van der Waals surface area contributed by atoms with Crippen molar-refractivity contribution in [2.45, 2.75) is 19.4 Å². The van der Waals surface area contributed by atoms with E-state index in [1.54, 1.807) is 17.0 Å². The highest BCUT2D eigenvalue weighted by Gasteiger charge is 2.38. The van der Waals surface area contributed by atoms with Crippen molar-refractivity contribution in [3.05, 3.63) is 65.7 Å². The van der Waals surface area contributed by atoms with E-state index in [4.69, 9.17) is 4.74 Å².